The molecule has 1 aromatic carbocycles. The van der Waals surface area contributed by atoms with E-state index in [-0.39, 0.29) is 16.2 Å². The number of rotatable bonds is 4. The average molecular weight is 236 g/mol. The maximum absolute atomic E-state index is 11.0. The van der Waals surface area contributed by atoms with Gasteiger partial charge in [0.2, 0.25) is 0 Å². The lowest BCUT2D eigenvalue weighted by Gasteiger charge is -2.41. The molecule has 17 heavy (non-hydrogen) atoms. The first-order valence-electron chi connectivity index (χ1n) is 5.56. The van der Waals surface area contributed by atoms with Crippen LogP contribution in [0.25, 0.3) is 0 Å². The van der Waals surface area contributed by atoms with Crippen LogP contribution in [0.15, 0.2) is 18.2 Å². The highest BCUT2D eigenvalue weighted by molar-refractivity contribution is 5.43. The molecule has 92 valence electrons. The van der Waals surface area contributed by atoms with Crippen LogP contribution in [0.2, 0.25) is 0 Å². The van der Waals surface area contributed by atoms with E-state index in [2.05, 4.69) is 5.32 Å². The molecule has 1 aliphatic rings. The summed E-state index contributed by atoms with van der Waals surface area (Å²) in [7, 11) is 1.66. The standard InChI is InChI=1S/C12H16N2O3/c1-9-3-4-11(14(15)16)10(5-9)6-12(17-2)7-13-8-12/h3-5,13H,6-8H2,1-2H3. The molecule has 1 N–H and O–H groups in total. The van der Waals surface area contributed by atoms with Crippen molar-refractivity contribution in [1.82, 2.24) is 5.32 Å². The van der Waals surface area contributed by atoms with Gasteiger partial charge in [0.05, 0.1) is 10.5 Å². The summed E-state index contributed by atoms with van der Waals surface area (Å²) in [6, 6.07) is 5.21. The molecule has 0 aromatic heterocycles. The van der Waals surface area contributed by atoms with Crippen molar-refractivity contribution in [2.75, 3.05) is 20.2 Å². The SMILES string of the molecule is COC1(Cc2cc(C)ccc2[N+](=O)[O-])CNC1. The zero-order chi connectivity index (χ0) is 12.5. The van der Waals surface area contributed by atoms with Crippen LogP contribution in [0.5, 0.6) is 0 Å². The minimum atomic E-state index is -0.329. The highest BCUT2D eigenvalue weighted by Crippen LogP contribution is 2.28. The molecule has 0 radical (unpaired) electrons. The number of methoxy groups -OCH3 is 1. The Balaban J connectivity index is 2.30. The number of nitro groups is 1. The number of hydrogen-bond acceptors (Lipinski definition) is 4. The molecule has 0 spiro atoms. The van der Waals surface area contributed by atoms with E-state index >= 15 is 0 Å². The molecular weight excluding hydrogens is 220 g/mol. The van der Waals surface area contributed by atoms with Gasteiger partial charge < -0.3 is 10.1 Å². The molecule has 5 heteroatoms. The smallest absolute Gasteiger partial charge is 0.272 e. The Bertz CT molecular complexity index is 436. The van der Waals surface area contributed by atoms with Gasteiger partial charge in [-0.1, -0.05) is 11.6 Å². The molecule has 0 amide bonds. The molecule has 5 nitrogen and oxygen atoms in total. The molecule has 1 saturated heterocycles. The Hall–Kier alpha value is -1.46. The molecule has 2 rings (SSSR count). The third-order valence-corrected chi connectivity index (χ3v) is 3.27. The first kappa shape index (κ1) is 12.0. The minimum absolute atomic E-state index is 0.180. The lowest BCUT2D eigenvalue weighted by Crippen LogP contribution is -2.61. The topological polar surface area (TPSA) is 64.4 Å². The Kier molecular flexibility index (Phi) is 3.13. The van der Waals surface area contributed by atoms with Gasteiger partial charge in [0, 0.05) is 38.2 Å². The van der Waals surface area contributed by atoms with Gasteiger partial charge in [0.25, 0.3) is 5.69 Å². The molecular formula is C12H16N2O3. The summed E-state index contributed by atoms with van der Waals surface area (Å²) < 4.78 is 5.47. The number of nitrogens with one attached hydrogen (secondary N) is 1. The summed E-state index contributed by atoms with van der Waals surface area (Å²) >= 11 is 0. The summed E-state index contributed by atoms with van der Waals surface area (Å²) in [6.07, 6.45) is 0.578. The molecule has 0 unspecified atom stereocenters. The van der Waals surface area contributed by atoms with Gasteiger partial charge in [-0.25, -0.2) is 0 Å². The minimum Gasteiger partial charge on any atom is -0.375 e. The normalized spacial score (nSPS) is 17.5. The summed E-state index contributed by atoms with van der Waals surface area (Å²) in [5.41, 5.74) is 1.68. The maximum atomic E-state index is 11.0. The van der Waals surface area contributed by atoms with E-state index in [1.807, 2.05) is 13.0 Å². The third kappa shape index (κ3) is 2.30. The second-order valence-corrected chi connectivity index (χ2v) is 4.56. The van der Waals surface area contributed by atoms with Gasteiger partial charge in [0.1, 0.15) is 0 Å². The fraction of sp³-hybridized carbons (Fsp3) is 0.500. The summed E-state index contributed by atoms with van der Waals surface area (Å²) in [5, 5.41) is 14.1. The van der Waals surface area contributed by atoms with Crippen molar-refractivity contribution in [1.29, 1.82) is 0 Å². The van der Waals surface area contributed by atoms with Crippen LogP contribution in [0.3, 0.4) is 0 Å². The van der Waals surface area contributed by atoms with Crippen molar-refractivity contribution in [3.8, 4) is 0 Å². The van der Waals surface area contributed by atoms with Crippen LogP contribution in [0, 0.1) is 17.0 Å². The second kappa shape index (κ2) is 4.43. The highest BCUT2D eigenvalue weighted by atomic mass is 16.6. The van der Waals surface area contributed by atoms with Crippen molar-refractivity contribution >= 4 is 5.69 Å². The van der Waals surface area contributed by atoms with Gasteiger partial charge in [-0.05, 0) is 13.0 Å². The summed E-state index contributed by atoms with van der Waals surface area (Å²) in [6.45, 7) is 3.43. The van der Waals surface area contributed by atoms with E-state index in [4.69, 9.17) is 4.74 Å². The average Bonchev–Trinajstić information content (AvgIpc) is 2.23. The number of nitrogens with zero attached hydrogens (tertiary/aromatic N) is 1. The zero-order valence-electron chi connectivity index (χ0n) is 10.0. The first-order chi connectivity index (χ1) is 8.06. The zero-order valence-corrected chi connectivity index (χ0v) is 10.0. The number of ether oxygens (including phenoxy) is 1. The van der Waals surface area contributed by atoms with Gasteiger partial charge in [-0.2, -0.15) is 0 Å². The largest absolute Gasteiger partial charge is 0.375 e. The molecule has 1 heterocycles. The van der Waals surface area contributed by atoms with Crippen molar-refractivity contribution < 1.29 is 9.66 Å². The maximum Gasteiger partial charge on any atom is 0.272 e. The Labute approximate surface area is 99.9 Å². The summed E-state index contributed by atoms with van der Waals surface area (Å²) in [4.78, 5) is 10.6. The second-order valence-electron chi connectivity index (χ2n) is 4.56. The van der Waals surface area contributed by atoms with Crippen LogP contribution in [-0.4, -0.2) is 30.7 Å². The summed E-state index contributed by atoms with van der Waals surface area (Å²) in [5.74, 6) is 0. The van der Waals surface area contributed by atoms with Crippen molar-refractivity contribution in [3.05, 3.63) is 39.4 Å². The van der Waals surface area contributed by atoms with E-state index in [9.17, 15) is 10.1 Å². The number of benzene rings is 1. The van der Waals surface area contributed by atoms with Crippen LogP contribution >= 0.6 is 0 Å². The van der Waals surface area contributed by atoms with Crippen molar-refractivity contribution in [2.45, 2.75) is 18.9 Å². The fourth-order valence-corrected chi connectivity index (χ4v) is 2.13. The Morgan fingerprint density at radius 1 is 1.53 bits per heavy atom. The van der Waals surface area contributed by atoms with Crippen LogP contribution in [0.4, 0.5) is 5.69 Å². The molecule has 1 aromatic rings. The monoisotopic (exact) mass is 236 g/mol. The van der Waals surface area contributed by atoms with E-state index in [1.54, 1.807) is 19.2 Å². The van der Waals surface area contributed by atoms with E-state index in [0.29, 0.717) is 6.42 Å². The van der Waals surface area contributed by atoms with Crippen LogP contribution < -0.4 is 5.32 Å². The Morgan fingerprint density at radius 2 is 2.24 bits per heavy atom. The van der Waals surface area contributed by atoms with Gasteiger partial charge in [-0.15, -0.1) is 0 Å². The van der Waals surface area contributed by atoms with E-state index in [1.165, 1.54) is 0 Å². The molecule has 1 aliphatic heterocycles. The number of hydrogen-bond donors (Lipinski definition) is 1. The predicted molar refractivity (Wildman–Crippen MR) is 64.1 cm³/mol. The third-order valence-electron chi connectivity index (χ3n) is 3.27. The lowest BCUT2D eigenvalue weighted by atomic mass is 9.87. The van der Waals surface area contributed by atoms with Crippen LogP contribution in [0.1, 0.15) is 11.1 Å². The Morgan fingerprint density at radius 3 is 2.71 bits per heavy atom. The molecule has 0 aliphatic carbocycles. The molecule has 0 bridgehead atoms. The van der Waals surface area contributed by atoms with Crippen molar-refractivity contribution in [3.63, 3.8) is 0 Å². The van der Waals surface area contributed by atoms with Gasteiger partial charge in [0.15, 0.2) is 0 Å². The number of aryl methyl sites for hydroxylation is 1. The molecule has 0 saturated carbocycles. The highest BCUT2D eigenvalue weighted by Gasteiger charge is 2.38. The van der Waals surface area contributed by atoms with E-state index in [0.717, 1.165) is 24.2 Å². The predicted octanol–water partition coefficient (Wildman–Crippen LogP) is 1.43. The number of nitro benzene ring substituents is 1. The first-order valence-corrected chi connectivity index (χ1v) is 5.56. The van der Waals surface area contributed by atoms with Gasteiger partial charge >= 0.3 is 0 Å². The van der Waals surface area contributed by atoms with Crippen molar-refractivity contribution in [2.24, 2.45) is 0 Å². The van der Waals surface area contributed by atoms with Crippen LogP contribution in [-0.2, 0) is 11.2 Å². The quantitative estimate of drug-likeness (QED) is 0.634. The molecule has 0 atom stereocenters. The molecule has 1 fully saturated rings. The lowest BCUT2D eigenvalue weighted by molar-refractivity contribution is -0.385. The fourth-order valence-electron chi connectivity index (χ4n) is 2.13. The van der Waals surface area contributed by atoms with E-state index < -0.39 is 0 Å². The van der Waals surface area contributed by atoms with Gasteiger partial charge in [-0.3, -0.25) is 10.1 Å².